The average molecular weight is 368 g/mol. The molecule has 0 aliphatic carbocycles. The highest BCUT2D eigenvalue weighted by Gasteiger charge is 2.46. The number of nitrogens with zero attached hydrogens (tertiary/aromatic N) is 1. The molecule has 1 atom stereocenters. The smallest absolute Gasteiger partial charge is 0.228 e. The van der Waals surface area contributed by atoms with E-state index in [4.69, 9.17) is 4.74 Å². The Morgan fingerprint density at radius 3 is 2.59 bits per heavy atom. The van der Waals surface area contributed by atoms with Gasteiger partial charge in [0, 0.05) is 36.8 Å². The summed E-state index contributed by atoms with van der Waals surface area (Å²) >= 11 is 0. The van der Waals surface area contributed by atoms with Crippen LogP contribution in [0.4, 0.5) is 4.39 Å². The summed E-state index contributed by atoms with van der Waals surface area (Å²) in [7, 11) is 1.54. The van der Waals surface area contributed by atoms with E-state index >= 15 is 0 Å². The molecule has 0 radical (unpaired) electrons. The number of hydrogen-bond acceptors (Lipinski definition) is 3. The minimum atomic E-state index is -0.229. The van der Waals surface area contributed by atoms with Crippen LogP contribution in [0.15, 0.2) is 48.5 Å². The van der Waals surface area contributed by atoms with Gasteiger partial charge in [0.1, 0.15) is 11.6 Å². The summed E-state index contributed by atoms with van der Waals surface area (Å²) in [4.78, 5) is 14.8. The van der Waals surface area contributed by atoms with E-state index in [-0.39, 0.29) is 23.2 Å². The second-order valence-corrected chi connectivity index (χ2v) is 7.67. The maximum absolute atomic E-state index is 14.2. The molecule has 2 aliphatic heterocycles. The van der Waals surface area contributed by atoms with Gasteiger partial charge in [-0.3, -0.25) is 9.69 Å². The number of carbonyl (C=O) groups excluding carboxylic acids is 1. The third-order valence-corrected chi connectivity index (χ3v) is 5.97. The Bertz CT molecular complexity index is 816. The van der Waals surface area contributed by atoms with Crippen molar-refractivity contribution < 1.29 is 13.9 Å². The van der Waals surface area contributed by atoms with Gasteiger partial charge >= 0.3 is 0 Å². The van der Waals surface area contributed by atoms with E-state index in [2.05, 4.69) is 10.2 Å². The molecule has 0 saturated carbocycles. The zero-order chi connectivity index (χ0) is 18.9. The van der Waals surface area contributed by atoms with Crippen LogP contribution in [0.3, 0.4) is 0 Å². The number of piperidine rings is 1. The van der Waals surface area contributed by atoms with E-state index in [1.807, 2.05) is 30.3 Å². The molecule has 1 spiro atoms. The first kappa shape index (κ1) is 18.0. The van der Waals surface area contributed by atoms with Crippen LogP contribution in [0.5, 0.6) is 5.75 Å². The van der Waals surface area contributed by atoms with Gasteiger partial charge in [-0.2, -0.15) is 0 Å². The zero-order valence-electron chi connectivity index (χ0n) is 15.6. The Labute approximate surface area is 159 Å². The van der Waals surface area contributed by atoms with Gasteiger partial charge in [0.15, 0.2) is 0 Å². The Kier molecular flexibility index (Phi) is 4.87. The van der Waals surface area contributed by atoms with E-state index in [0.29, 0.717) is 17.9 Å². The highest BCUT2D eigenvalue weighted by molar-refractivity contribution is 5.87. The van der Waals surface area contributed by atoms with Gasteiger partial charge in [-0.25, -0.2) is 4.39 Å². The number of rotatable bonds is 4. The van der Waals surface area contributed by atoms with E-state index in [1.54, 1.807) is 12.1 Å². The lowest BCUT2D eigenvalue weighted by Crippen LogP contribution is -2.50. The number of hydrogen-bond donors (Lipinski definition) is 1. The molecule has 2 aliphatic rings. The van der Waals surface area contributed by atoms with Gasteiger partial charge in [-0.15, -0.1) is 0 Å². The van der Waals surface area contributed by atoms with Crippen LogP contribution in [-0.2, 0) is 11.3 Å². The first-order valence-corrected chi connectivity index (χ1v) is 9.50. The van der Waals surface area contributed by atoms with Crippen LogP contribution in [0.25, 0.3) is 0 Å². The van der Waals surface area contributed by atoms with Crippen LogP contribution < -0.4 is 10.1 Å². The molecule has 27 heavy (non-hydrogen) atoms. The topological polar surface area (TPSA) is 41.6 Å². The SMILES string of the molecule is COc1ccc(CN2CCC3(CC2)C[C@H](c2ccccc2)C(=O)N3)c(F)c1. The molecule has 0 unspecified atom stereocenters. The minimum absolute atomic E-state index is 0.0585. The lowest BCUT2D eigenvalue weighted by Gasteiger charge is -2.39. The van der Waals surface area contributed by atoms with Crippen molar-refractivity contribution in [1.29, 1.82) is 0 Å². The molecule has 1 N–H and O–H groups in total. The van der Waals surface area contributed by atoms with Crippen LogP contribution in [-0.4, -0.2) is 36.5 Å². The predicted molar refractivity (Wildman–Crippen MR) is 102 cm³/mol. The summed E-state index contributed by atoms with van der Waals surface area (Å²) < 4.78 is 19.3. The first-order chi connectivity index (χ1) is 13.1. The fourth-order valence-corrected chi connectivity index (χ4v) is 4.33. The third kappa shape index (κ3) is 3.69. The summed E-state index contributed by atoms with van der Waals surface area (Å²) in [6.45, 7) is 2.29. The Hall–Kier alpha value is -2.40. The number of nitrogens with one attached hydrogen (secondary N) is 1. The molecule has 142 valence electrons. The van der Waals surface area contributed by atoms with Gasteiger partial charge < -0.3 is 10.1 Å². The van der Waals surface area contributed by atoms with Gasteiger partial charge in [0.25, 0.3) is 0 Å². The normalized spacial score (nSPS) is 22.0. The maximum Gasteiger partial charge on any atom is 0.228 e. The fraction of sp³-hybridized carbons (Fsp3) is 0.409. The van der Waals surface area contributed by atoms with Crippen molar-refractivity contribution in [3.8, 4) is 5.75 Å². The number of amides is 1. The van der Waals surface area contributed by atoms with Crippen LogP contribution in [0.2, 0.25) is 0 Å². The molecule has 5 heteroatoms. The molecule has 2 fully saturated rings. The lowest BCUT2D eigenvalue weighted by atomic mass is 9.82. The highest BCUT2D eigenvalue weighted by Crippen LogP contribution is 2.39. The zero-order valence-corrected chi connectivity index (χ0v) is 15.6. The van der Waals surface area contributed by atoms with E-state index in [1.165, 1.54) is 13.2 Å². The number of benzene rings is 2. The summed E-state index contributed by atoms with van der Waals surface area (Å²) in [6.07, 6.45) is 2.65. The predicted octanol–water partition coefficient (Wildman–Crippen LogP) is 3.47. The molecule has 2 aromatic carbocycles. The molecular weight excluding hydrogens is 343 g/mol. The Balaban J connectivity index is 1.38. The number of halogens is 1. The summed E-state index contributed by atoms with van der Waals surface area (Å²) in [5.74, 6) is 0.384. The second kappa shape index (κ2) is 7.31. The van der Waals surface area contributed by atoms with E-state index < -0.39 is 0 Å². The first-order valence-electron chi connectivity index (χ1n) is 9.50. The third-order valence-electron chi connectivity index (χ3n) is 5.97. The average Bonchev–Trinajstić information content (AvgIpc) is 3.02. The minimum Gasteiger partial charge on any atom is -0.497 e. The van der Waals surface area contributed by atoms with E-state index in [0.717, 1.165) is 37.9 Å². The highest BCUT2D eigenvalue weighted by atomic mass is 19.1. The van der Waals surface area contributed by atoms with Crippen LogP contribution >= 0.6 is 0 Å². The van der Waals surface area contributed by atoms with Crippen molar-refractivity contribution in [1.82, 2.24) is 10.2 Å². The van der Waals surface area contributed by atoms with Crippen molar-refractivity contribution in [2.45, 2.75) is 37.3 Å². The van der Waals surface area contributed by atoms with Crippen LogP contribution in [0, 0.1) is 5.82 Å². The molecule has 1 amide bonds. The Morgan fingerprint density at radius 1 is 1.19 bits per heavy atom. The summed E-state index contributed by atoms with van der Waals surface area (Å²) in [5.41, 5.74) is 1.66. The molecular formula is C22H25FN2O2. The second-order valence-electron chi connectivity index (χ2n) is 7.67. The summed E-state index contributed by atoms with van der Waals surface area (Å²) in [5, 5.41) is 3.27. The molecule has 0 aromatic heterocycles. The lowest BCUT2D eigenvalue weighted by molar-refractivity contribution is -0.121. The molecule has 0 bridgehead atoms. The number of methoxy groups -OCH3 is 1. The van der Waals surface area contributed by atoms with Crippen molar-refractivity contribution in [3.05, 3.63) is 65.5 Å². The van der Waals surface area contributed by atoms with Crippen molar-refractivity contribution >= 4 is 5.91 Å². The van der Waals surface area contributed by atoms with Crippen molar-refractivity contribution in [2.24, 2.45) is 0 Å². The van der Waals surface area contributed by atoms with Gasteiger partial charge in [-0.05, 0) is 30.9 Å². The number of ether oxygens (including phenoxy) is 1. The number of likely N-dealkylation sites (tertiary alicyclic amines) is 1. The molecule has 4 nitrogen and oxygen atoms in total. The Morgan fingerprint density at radius 2 is 1.93 bits per heavy atom. The van der Waals surface area contributed by atoms with Crippen molar-refractivity contribution in [2.75, 3.05) is 20.2 Å². The van der Waals surface area contributed by atoms with Gasteiger partial charge in [0.05, 0.1) is 13.0 Å². The van der Waals surface area contributed by atoms with Gasteiger partial charge in [0.2, 0.25) is 5.91 Å². The largest absolute Gasteiger partial charge is 0.497 e. The maximum atomic E-state index is 14.2. The monoisotopic (exact) mass is 368 g/mol. The standard InChI is InChI=1S/C22H25FN2O2/c1-27-18-8-7-17(20(23)13-18)15-25-11-9-22(10-12-25)14-19(21(26)24-22)16-5-3-2-4-6-16/h2-8,13,19H,9-12,14-15H2,1H3,(H,24,26)/t19-/m1/s1. The molecule has 2 heterocycles. The van der Waals surface area contributed by atoms with Crippen LogP contribution in [0.1, 0.15) is 36.3 Å². The van der Waals surface area contributed by atoms with Crippen molar-refractivity contribution in [3.63, 3.8) is 0 Å². The van der Waals surface area contributed by atoms with Gasteiger partial charge in [-0.1, -0.05) is 36.4 Å². The molecule has 2 aromatic rings. The molecule has 4 rings (SSSR count). The fourth-order valence-electron chi connectivity index (χ4n) is 4.33. The summed E-state index contributed by atoms with van der Waals surface area (Å²) in [6, 6.07) is 15.0. The number of carbonyl (C=O) groups is 1. The quantitative estimate of drug-likeness (QED) is 0.898. The molecule has 2 saturated heterocycles. The van der Waals surface area contributed by atoms with E-state index in [9.17, 15) is 9.18 Å².